The largest absolute Gasteiger partial charge is 0.331 e. The van der Waals surface area contributed by atoms with Gasteiger partial charge in [-0.2, -0.15) is 0 Å². The fraction of sp³-hybridized carbons (Fsp3) is 0.273. The van der Waals surface area contributed by atoms with Crippen LogP contribution in [-0.2, 0) is 6.54 Å². The van der Waals surface area contributed by atoms with Gasteiger partial charge in [-0.1, -0.05) is 18.2 Å². The van der Waals surface area contributed by atoms with Crippen LogP contribution in [0.5, 0.6) is 0 Å². The highest BCUT2D eigenvalue weighted by molar-refractivity contribution is 5.89. The molecular weight excluding hydrogens is 369 g/mol. The first-order chi connectivity index (χ1) is 13.8. The molecule has 2 amide bonds. The number of nitrogens with zero attached hydrogens (tertiary/aromatic N) is 3. The van der Waals surface area contributed by atoms with Gasteiger partial charge < -0.3 is 20.1 Å². The minimum atomic E-state index is -0.465. The summed E-state index contributed by atoms with van der Waals surface area (Å²) in [7, 11) is 3.87. The molecule has 1 heterocycles. The van der Waals surface area contributed by atoms with E-state index in [-0.39, 0.29) is 11.7 Å². The van der Waals surface area contributed by atoms with E-state index in [1.54, 1.807) is 24.7 Å². The van der Waals surface area contributed by atoms with Gasteiger partial charge in [0.05, 0.1) is 18.1 Å². The van der Waals surface area contributed by atoms with E-state index in [9.17, 15) is 9.18 Å². The third-order valence-electron chi connectivity index (χ3n) is 4.64. The number of hydrogen-bond donors (Lipinski definition) is 2. The predicted octanol–water partition coefficient (Wildman–Crippen LogP) is 4.26. The van der Waals surface area contributed by atoms with Crippen molar-refractivity contribution < 1.29 is 9.18 Å². The quantitative estimate of drug-likeness (QED) is 0.655. The summed E-state index contributed by atoms with van der Waals surface area (Å²) in [5, 5.41) is 5.49. The van der Waals surface area contributed by atoms with Gasteiger partial charge in [0.25, 0.3) is 0 Å². The molecule has 0 spiro atoms. The van der Waals surface area contributed by atoms with Gasteiger partial charge in [-0.05, 0) is 62.8 Å². The number of urea groups is 1. The summed E-state index contributed by atoms with van der Waals surface area (Å²) in [5.41, 5.74) is 4.12. The number of rotatable bonds is 6. The van der Waals surface area contributed by atoms with E-state index in [1.807, 2.05) is 61.8 Å². The number of benzene rings is 2. The molecule has 3 rings (SSSR count). The van der Waals surface area contributed by atoms with Crippen molar-refractivity contribution in [2.45, 2.75) is 26.4 Å². The maximum atomic E-state index is 14.1. The van der Waals surface area contributed by atoms with E-state index in [2.05, 4.69) is 15.6 Å². The average molecular weight is 395 g/mol. The zero-order valence-electron chi connectivity index (χ0n) is 17.1. The highest BCUT2D eigenvalue weighted by Gasteiger charge is 2.14. The lowest BCUT2D eigenvalue weighted by molar-refractivity contribution is 0.249. The van der Waals surface area contributed by atoms with Gasteiger partial charge >= 0.3 is 6.03 Å². The number of anilines is 1. The van der Waals surface area contributed by atoms with Gasteiger partial charge in [-0.25, -0.2) is 14.2 Å². The van der Waals surface area contributed by atoms with Crippen molar-refractivity contribution in [2.75, 3.05) is 19.4 Å². The molecule has 0 aliphatic carbocycles. The average Bonchev–Trinajstić information content (AvgIpc) is 3.18. The molecular formula is C22H26FN5O. The number of halogens is 1. The van der Waals surface area contributed by atoms with Crippen LogP contribution in [0.4, 0.5) is 14.9 Å². The molecule has 0 saturated heterocycles. The van der Waals surface area contributed by atoms with Crippen molar-refractivity contribution in [2.24, 2.45) is 0 Å². The number of aromatic nitrogens is 2. The van der Waals surface area contributed by atoms with Crippen molar-refractivity contribution in [3.8, 4) is 5.69 Å². The Labute approximate surface area is 170 Å². The molecule has 6 nitrogen and oxygen atoms in total. The number of hydrogen-bond acceptors (Lipinski definition) is 3. The lowest BCUT2D eigenvalue weighted by atomic mass is 10.0. The Morgan fingerprint density at radius 3 is 2.72 bits per heavy atom. The smallest absolute Gasteiger partial charge is 0.319 e. The first kappa shape index (κ1) is 20.5. The Balaban J connectivity index is 1.71. The molecule has 152 valence electrons. The Bertz CT molecular complexity index is 985. The molecule has 2 N–H and O–H groups in total. The molecule has 0 aliphatic rings. The third kappa shape index (κ3) is 5.20. The van der Waals surface area contributed by atoms with Crippen LogP contribution in [0.25, 0.3) is 5.69 Å². The molecule has 1 atom stereocenters. The molecule has 0 fully saturated rings. The van der Waals surface area contributed by atoms with Crippen LogP contribution in [0.15, 0.2) is 55.1 Å². The summed E-state index contributed by atoms with van der Waals surface area (Å²) in [4.78, 5) is 18.5. The normalized spacial score (nSPS) is 12.1. The van der Waals surface area contributed by atoms with Gasteiger partial charge in [0.15, 0.2) is 0 Å². The van der Waals surface area contributed by atoms with Crippen LogP contribution in [0.1, 0.15) is 29.7 Å². The van der Waals surface area contributed by atoms with Crippen LogP contribution in [0.2, 0.25) is 0 Å². The SMILES string of the molecule is Cc1ccc([C@H](C)NC(=O)Nc2cc(CN(C)C)ccc2F)cc1-n1ccnc1. The molecule has 0 radical (unpaired) electrons. The summed E-state index contributed by atoms with van der Waals surface area (Å²) >= 11 is 0. The second-order valence-electron chi connectivity index (χ2n) is 7.39. The molecule has 0 unspecified atom stereocenters. The van der Waals surface area contributed by atoms with Crippen LogP contribution in [0.3, 0.4) is 0 Å². The van der Waals surface area contributed by atoms with Crippen LogP contribution < -0.4 is 10.6 Å². The van der Waals surface area contributed by atoms with E-state index in [4.69, 9.17) is 0 Å². The van der Waals surface area contributed by atoms with Gasteiger partial charge in [0, 0.05) is 24.6 Å². The molecule has 0 saturated carbocycles. The Hall–Kier alpha value is -3.19. The maximum Gasteiger partial charge on any atom is 0.319 e. The number of amides is 2. The Kier molecular flexibility index (Phi) is 6.29. The predicted molar refractivity (Wildman–Crippen MR) is 113 cm³/mol. The summed E-state index contributed by atoms with van der Waals surface area (Å²) in [6.45, 7) is 4.57. The number of carbonyl (C=O) groups excluding carboxylic acids is 1. The lowest BCUT2D eigenvalue weighted by Crippen LogP contribution is -2.31. The molecule has 7 heteroatoms. The van der Waals surface area contributed by atoms with Gasteiger partial charge in [0.2, 0.25) is 0 Å². The van der Waals surface area contributed by atoms with Crippen molar-refractivity contribution in [1.29, 1.82) is 0 Å². The van der Waals surface area contributed by atoms with Crippen molar-refractivity contribution in [1.82, 2.24) is 19.8 Å². The van der Waals surface area contributed by atoms with E-state index in [0.717, 1.165) is 22.4 Å². The summed E-state index contributed by atoms with van der Waals surface area (Å²) in [5.74, 6) is -0.465. The molecule has 3 aromatic rings. The van der Waals surface area contributed by atoms with Gasteiger partial charge in [0.1, 0.15) is 5.82 Å². The first-order valence-electron chi connectivity index (χ1n) is 9.43. The fourth-order valence-electron chi connectivity index (χ4n) is 3.15. The van der Waals surface area contributed by atoms with Crippen LogP contribution in [0, 0.1) is 12.7 Å². The van der Waals surface area contributed by atoms with E-state index in [1.165, 1.54) is 6.07 Å². The van der Waals surface area contributed by atoms with E-state index >= 15 is 0 Å². The summed E-state index contributed by atoms with van der Waals surface area (Å²) < 4.78 is 16.0. The second kappa shape index (κ2) is 8.87. The summed E-state index contributed by atoms with van der Waals surface area (Å²) in [6.07, 6.45) is 5.33. The highest BCUT2D eigenvalue weighted by Crippen LogP contribution is 2.21. The van der Waals surface area contributed by atoms with E-state index in [0.29, 0.717) is 6.54 Å². The number of carbonyl (C=O) groups is 1. The summed E-state index contributed by atoms with van der Waals surface area (Å²) in [6, 6.07) is 10.0. The van der Waals surface area contributed by atoms with Gasteiger partial charge in [-0.15, -0.1) is 0 Å². The monoisotopic (exact) mass is 395 g/mol. The number of aryl methyl sites for hydroxylation is 1. The molecule has 0 bridgehead atoms. The Morgan fingerprint density at radius 1 is 1.24 bits per heavy atom. The number of imidazole rings is 1. The van der Waals surface area contributed by atoms with E-state index < -0.39 is 11.8 Å². The highest BCUT2D eigenvalue weighted by atomic mass is 19.1. The Morgan fingerprint density at radius 2 is 2.03 bits per heavy atom. The zero-order valence-corrected chi connectivity index (χ0v) is 17.1. The molecule has 0 aliphatic heterocycles. The minimum absolute atomic E-state index is 0.164. The number of nitrogens with one attached hydrogen (secondary N) is 2. The van der Waals surface area contributed by atoms with Crippen molar-refractivity contribution in [3.05, 3.63) is 77.6 Å². The molecule has 2 aromatic carbocycles. The fourth-order valence-corrected chi connectivity index (χ4v) is 3.15. The van der Waals surface area contributed by atoms with Crippen LogP contribution in [-0.4, -0.2) is 34.6 Å². The zero-order chi connectivity index (χ0) is 21.0. The second-order valence-corrected chi connectivity index (χ2v) is 7.39. The topological polar surface area (TPSA) is 62.2 Å². The standard InChI is InChI=1S/C22H26FN5O/c1-15-5-7-18(12-21(15)28-10-9-24-14-28)16(2)25-22(29)26-20-11-17(13-27(3)4)6-8-19(20)23/h5-12,14,16H,13H2,1-4H3,(H2,25,26,29)/t16-/m0/s1. The molecule has 29 heavy (non-hydrogen) atoms. The van der Waals surface area contributed by atoms with Crippen molar-refractivity contribution in [3.63, 3.8) is 0 Å². The van der Waals surface area contributed by atoms with Gasteiger partial charge in [-0.3, -0.25) is 0 Å². The first-order valence-corrected chi connectivity index (χ1v) is 9.43. The maximum absolute atomic E-state index is 14.1. The van der Waals surface area contributed by atoms with Crippen molar-refractivity contribution >= 4 is 11.7 Å². The third-order valence-corrected chi connectivity index (χ3v) is 4.64. The molecule has 1 aromatic heterocycles. The lowest BCUT2D eigenvalue weighted by Gasteiger charge is -2.18. The minimum Gasteiger partial charge on any atom is -0.331 e. The van der Waals surface area contributed by atoms with Crippen LogP contribution >= 0.6 is 0 Å².